The summed E-state index contributed by atoms with van der Waals surface area (Å²) in [6.45, 7) is 4.21. The van der Waals surface area contributed by atoms with Crippen molar-refractivity contribution in [2.45, 2.75) is 76.5 Å². The Balaban J connectivity index is 2.16. The van der Waals surface area contributed by atoms with Gasteiger partial charge in [-0.1, -0.05) is 32.4 Å². The molecule has 0 aliphatic heterocycles. The Kier molecular flexibility index (Phi) is 13.1. The summed E-state index contributed by atoms with van der Waals surface area (Å²) < 4.78 is 0. The highest BCUT2D eigenvalue weighted by Gasteiger charge is 2.31. The first-order valence-electron chi connectivity index (χ1n) is 13.3. The van der Waals surface area contributed by atoms with Crippen molar-refractivity contribution in [3.05, 3.63) is 48.0 Å². The highest BCUT2D eigenvalue weighted by Crippen LogP contribution is 2.13. The van der Waals surface area contributed by atoms with Crippen LogP contribution in [-0.2, 0) is 32.0 Å². The van der Waals surface area contributed by atoms with Gasteiger partial charge in [0.2, 0.25) is 17.7 Å². The Morgan fingerprint density at radius 2 is 1.55 bits per heavy atom. The first kappa shape index (κ1) is 32.2. The summed E-state index contributed by atoms with van der Waals surface area (Å²) >= 11 is 0. The monoisotopic (exact) mass is 559 g/mol. The van der Waals surface area contributed by atoms with Crippen molar-refractivity contribution in [1.82, 2.24) is 25.9 Å². The van der Waals surface area contributed by atoms with Crippen LogP contribution in [0.25, 0.3) is 0 Å². The van der Waals surface area contributed by atoms with Crippen LogP contribution in [0.1, 0.15) is 50.8 Å². The van der Waals surface area contributed by atoms with Gasteiger partial charge in [0.25, 0.3) is 0 Å². The SMILES string of the molecule is CC(C)CC(NC(=O)C(Cc1cnc[nH]1)NC(=O)C(N)CCCCN)C(=O)NC(Cc1ccc(O)cc1)C(=O)O. The number of H-pyrrole nitrogens is 1. The van der Waals surface area contributed by atoms with E-state index in [1.807, 2.05) is 13.8 Å². The van der Waals surface area contributed by atoms with Crippen molar-refractivity contribution in [2.75, 3.05) is 6.54 Å². The van der Waals surface area contributed by atoms with Crippen LogP contribution in [0.5, 0.6) is 5.75 Å². The van der Waals surface area contributed by atoms with Gasteiger partial charge in [0.1, 0.15) is 23.9 Å². The number of phenolic OH excluding ortho intramolecular Hbond substituents is 1. The van der Waals surface area contributed by atoms with E-state index in [0.29, 0.717) is 30.6 Å². The van der Waals surface area contributed by atoms with Gasteiger partial charge in [-0.15, -0.1) is 0 Å². The molecule has 0 saturated carbocycles. The molecular weight excluding hydrogens is 518 g/mol. The molecule has 3 amide bonds. The molecule has 0 saturated heterocycles. The normalized spacial score (nSPS) is 14.1. The molecule has 13 nitrogen and oxygen atoms in total. The quantitative estimate of drug-likeness (QED) is 0.121. The number of carbonyl (C=O) groups excluding carboxylic acids is 3. The number of unbranched alkanes of at least 4 members (excludes halogenated alkanes) is 1. The van der Waals surface area contributed by atoms with Gasteiger partial charge in [-0.25, -0.2) is 9.78 Å². The molecule has 2 rings (SSSR count). The largest absolute Gasteiger partial charge is 0.508 e. The number of aromatic amines is 1. The van der Waals surface area contributed by atoms with Crippen molar-refractivity contribution >= 4 is 23.7 Å². The van der Waals surface area contributed by atoms with Crippen molar-refractivity contribution in [2.24, 2.45) is 17.4 Å². The first-order valence-corrected chi connectivity index (χ1v) is 13.3. The summed E-state index contributed by atoms with van der Waals surface area (Å²) in [6, 6.07) is 1.75. The number of aromatic hydroxyl groups is 1. The molecule has 0 bridgehead atoms. The molecule has 0 spiro atoms. The molecule has 0 fully saturated rings. The maximum atomic E-state index is 13.4. The molecule has 0 aliphatic rings. The number of amides is 3. The Hall–Kier alpha value is -3.97. The molecule has 1 aromatic carbocycles. The van der Waals surface area contributed by atoms with Gasteiger partial charge in [0, 0.05) is 24.7 Å². The number of nitrogens with two attached hydrogens (primary N) is 2. The third kappa shape index (κ3) is 11.0. The van der Waals surface area contributed by atoms with Crippen molar-refractivity contribution in [1.29, 1.82) is 0 Å². The third-order valence-corrected chi connectivity index (χ3v) is 6.25. The number of carboxylic acids is 1. The standard InChI is InChI=1S/C27H41N7O6/c1-16(2)11-21(25(37)34-23(27(39)40)12-17-6-8-19(35)9-7-17)33-26(38)22(13-18-14-30-15-31-18)32-24(36)20(29)5-3-4-10-28/h6-9,14-16,20-23,35H,3-5,10-13,28-29H2,1-2H3,(H,30,31)(H,32,36)(H,33,38)(H,34,37)(H,39,40). The van der Waals surface area contributed by atoms with E-state index in [4.69, 9.17) is 11.5 Å². The van der Waals surface area contributed by atoms with Gasteiger partial charge in [0.05, 0.1) is 12.4 Å². The first-order chi connectivity index (χ1) is 19.0. The summed E-state index contributed by atoms with van der Waals surface area (Å²) in [5, 5.41) is 27.1. The van der Waals surface area contributed by atoms with E-state index in [2.05, 4.69) is 25.9 Å². The topological polar surface area (TPSA) is 226 Å². The zero-order chi connectivity index (χ0) is 29.7. The minimum Gasteiger partial charge on any atom is -0.508 e. The number of rotatable bonds is 17. The minimum absolute atomic E-state index is 0.0203. The van der Waals surface area contributed by atoms with Crippen molar-refractivity contribution in [3.63, 3.8) is 0 Å². The average molecular weight is 560 g/mol. The second-order valence-electron chi connectivity index (χ2n) is 10.2. The predicted molar refractivity (Wildman–Crippen MR) is 148 cm³/mol. The molecule has 1 aromatic heterocycles. The number of carbonyl (C=O) groups is 4. The van der Waals surface area contributed by atoms with E-state index < -0.39 is 47.9 Å². The summed E-state index contributed by atoms with van der Waals surface area (Å²) in [7, 11) is 0. The maximum absolute atomic E-state index is 13.4. The Morgan fingerprint density at radius 1 is 0.925 bits per heavy atom. The highest BCUT2D eigenvalue weighted by molar-refractivity contribution is 5.94. The van der Waals surface area contributed by atoms with Gasteiger partial charge < -0.3 is 42.6 Å². The van der Waals surface area contributed by atoms with Gasteiger partial charge in [-0.05, 0) is 49.4 Å². The summed E-state index contributed by atoms with van der Waals surface area (Å²) in [5.74, 6) is -3.03. The van der Waals surface area contributed by atoms with E-state index in [-0.39, 0.29) is 30.9 Å². The molecule has 4 atom stereocenters. The predicted octanol–water partition coefficient (Wildman–Crippen LogP) is -0.0581. The number of phenols is 1. The number of carboxylic acid groups (broad SMARTS) is 1. The molecule has 2 aromatic rings. The van der Waals surface area contributed by atoms with E-state index in [9.17, 15) is 29.4 Å². The molecule has 10 N–H and O–H groups in total. The van der Waals surface area contributed by atoms with Crippen LogP contribution >= 0.6 is 0 Å². The molecule has 0 radical (unpaired) electrons. The Bertz CT molecular complexity index is 1090. The van der Waals surface area contributed by atoms with E-state index >= 15 is 0 Å². The average Bonchev–Trinajstić information content (AvgIpc) is 3.41. The van der Waals surface area contributed by atoms with E-state index in [0.717, 1.165) is 6.42 Å². The lowest BCUT2D eigenvalue weighted by Crippen LogP contribution is -2.58. The van der Waals surface area contributed by atoms with Gasteiger partial charge in [-0.2, -0.15) is 0 Å². The fourth-order valence-corrected chi connectivity index (χ4v) is 4.06. The van der Waals surface area contributed by atoms with Crippen LogP contribution in [-0.4, -0.2) is 74.6 Å². The number of aliphatic carboxylic acids is 1. The Labute approximate surface area is 233 Å². The fraction of sp³-hybridized carbons (Fsp3) is 0.519. The van der Waals surface area contributed by atoms with Crippen LogP contribution in [0.2, 0.25) is 0 Å². The van der Waals surface area contributed by atoms with Crippen LogP contribution in [0.3, 0.4) is 0 Å². The number of aromatic nitrogens is 2. The zero-order valence-electron chi connectivity index (χ0n) is 22.9. The molecule has 220 valence electrons. The van der Waals surface area contributed by atoms with Crippen LogP contribution in [0.4, 0.5) is 0 Å². The molecular formula is C27H41N7O6. The number of nitrogens with zero attached hydrogens (tertiary/aromatic N) is 1. The van der Waals surface area contributed by atoms with Crippen LogP contribution < -0.4 is 27.4 Å². The lowest BCUT2D eigenvalue weighted by Gasteiger charge is -2.26. The lowest BCUT2D eigenvalue weighted by atomic mass is 10.0. The summed E-state index contributed by atoms with van der Waals surface area (Å²) in [5.41, 5.74) is 12.7. The van der Waals surface area contributed by atoms with Crippen molar-refractivity contribution < 1.29 is 29.4 Å². The van der Waals surface area contributed by atoms with Gasteiger partial charge in [-0.3, -0.25) is 14.4 Å². The highest BCUT2D eigenvalue weighted by atomic mass is 16.4. The molecule has 1 heterocycles. The minimum atomic E-state index is -1.27. The Morgan fingerprint density at radius 3 is 2.12 bits per heavy atom. The third-order valence-electron chi connectivity index (χ3n) is 6.25. The zero-order valence-corrected chi connectivity index (χ0v) is 22.9. The molecule has 40 heavy (non-hydrogen) atoms. The number of benzene rings is 1. The number of imidazole rings is 1. The lowest BCUT2D eigenvalue weighted by molar-refractivity contribution is -0.142. The fourth-order valence-electron chi connectivity index (χ4n) is 4.06. The van der Waals surface area contributed by atoms with Crippen molar-refractivity contribution in [3.8, 4) is 5.75 Å². The number of nitrogens with one attached hydrogen (secondary N) is 4. The smallest absolute Gasteiger partial charge is 0.326 e. The maximum Gasteiger partial charge on any atom is 0.326 e. The molecule has 4 unspecified atom stereocenters. The van der Waals surface area contributed by atoms with Crippen LogP contribution in [0, 0.1) is 5.92 Å². The van der Waals surface area contributed by atoms with Crippen LogP contribution in [0.15, 0.2) is 36.8 Å². The number of hydrogen-bond donors (Lipinski definition) is 8. The second kappa shape index (κ2) is 16.2. The molecule has 0 aliphatic carbocycles. The molecule has 13 heteroatoms. The van der Waals surface area contributed by atoms with Gasteiger partial charge in [0.15, 0.2) is 0 Å². The summed E-state index contributed by atoms with van der Waals surface area (Å²) in [4.78, 5) is 58.1. The summed E-state index contributed by atoms with van der Waals surface area (Å²) in [6.07, 6.45) is 5.02. The van der Waals surface area contributed by atoms with E-state index in [1.165, 1.54) is 24.7 Å². The van der Waals surface area contributed by atoms with E-state index in [1.54, 1.807) is 12.1 Å². The second-order valence-corrected chi connectivity index (χ2v) is 10.2. The van der Waals surface area contributed by atoms with Gasteiger partial charge >= 0.3 is 5.97 Å². The number of hydrogen-bond acceptors (Lipinski definition) is 8.